The van der Waals surface area contributed by atoms with E-state index >= 15 is 0 Å². The molecule has 2 aromatic carbocycles. The van der Waals surface area contributed by atoms with Gasteiger partial charge in [0.25, 0.3) is 11.8 Å². The zero-order valence-corrected chi connectivity index (χ0v) is 16.1. The molecule has 0 spiro atoms. The zero-order valence-electron chi connectivity index (χ0n) is 14.0. The van der Waals surface area contributed by atoms with E-state index in [0.29, 0.717) is 16.8 Å². The summed E-state index contributed by atoms with van der Waals surface area (Å²) in [6.45, 7) is 0. The van der Waals surface area contributed by atoms with E-state index in [1.165, 1.54) is 4.90 Å². The number of amides is 2. The number of imide groups is 1. The molecule has 5 rings (SSSR count). The van der Waals surface area contributed by atoms with Gasteiger partial charge in [-0.25, -0.2) is 9.88 Å². The Morgan fingerprint density at radius 2 is 1.56 bits per heavy atom. The lowest BCUT2D eigenvalue weighted by Crippen LogP contribution is -2.29. The van der Waals surface area contributed by atoms with E-state index in [9.17, 15) is 9.59 Å². The van der Waals surface area contributed by atoms with Crippen molar-refractivity contribution in [3.8, 4) is 11.3 Å². The van der Waals surface area contributed by atoms with Gasteiger partial charge in [-0.3, -0.25) is 9.59 Å². The van der Waals surface area contributed by atoms with Crippen LogP contribution in [0.15, 0.2) is 73.1 Å². The van der Waals surface area contributed by atoms with Crippen molar-refractivity contribution in [1.29, 1.82) is 0 Å². The maximum absolute atomic E-state index is 12.7. The molecule has 0 unspecified atom stereocenters. The molecular formula is C21H12IN3O2. The Balaban J connectivity index is 1.58. The Bertz CT molecular complexity index is 1210. The van der Waals surface area contributed by atoms with Gasteiger partial charge in [0.2, 0.25) is 0 Å². The van der Waals surface area contributed by atoms with Gasteiger partial charge in [0, 0.05) is 21.5 Å². The van der Waals surface area contributed by atoms with Gasteiger partial charge >= 0.3 is 0 Å². The largest absolute Gasteiger partial charge is 0.305 e. The maximum atomic E-state index is 12.7. The molecule has 130 valence electrons. The van der Waals surface area contributed by atoms with Crippen LogP contribution < -0.4 is 4.90 Å². The minimum absolute atomic E-state index is 0.294. The van der Waals surface area contributed by atoms with Crippen molar-refractivity contribution in [2.45, 2.75) is 0 Å². The summed E-state index contributed by atoms with van der Waals surface area (Å²) < 4.78 is 3.08. The van der Waals surface area contributed by atoms with E-state index in [1.807, 2.05) is 47.1 Å². The van der Waals surface area contributed by atoms with Gasteiger partial charge < -0.3 is 4.40 Å². The molecule has 0 saturated heterocycles. The zero-order chi connectivity index (χ0) is 18.5. The topological polar surface area (TPSA) is 54.7 Å². The Labute approximate surface area is 168 Å². The molecule has 27 heavy (non-hydrogen) atoms. The average molecular weight is 465 g/mol. The average Bonchev–Trinajstić information content (AvgIpc) is 3.21. The van der Waals surface area contributed by atoms with Crippen molar-refractivity contribution < 1.29 is 9.59 Å². The molecule has 0 bridgehead atoms. The van der Waals surface area contributed by atoms with E-state index < -0.39 is 0 Å². The van der Waals surface area contributed by atoms with Crippen molar-refractivity contribution in [1.82, 2.24) is 9.38 Å². The molecule has 5 nitrogen and oxygen atoms in total. The molecule has 6 heteroatoms. The predicted octanol–water partition coefficient (Wildman–Crippen LogP) is 4.41. The number of carbonyl (C=O) groups excluding carboxylic acids is 2. The highest BCUT2D eigenvalue weighted by Crippen LogP contribution is 2.31. The summed E-state index contributed by atoms with van der Waals surface area (Å²) in [5, 5.41) is 0. The normalized spacial score (nSPS) is 13.4. The van der Waals surface area contributed by atoms with E-state index in [4.69, 9.17) is 0 Å². The molecule has 1 aliphatic rings. The van der Waals surface area contributed by atoms with Crippen LogP contribution in [-0.2, 0) is 0 Å². The first-order chi connectivity index (χ1) is 13.1. The molecule has 0 saturated carbocycles. The monoisotopic (exact) mass is 465 g/mol. The minimum Gasteiger partial charge on any atom is -0.305 e. The Morgan fingerprint density at radius 3 is 2.30 bits per heavy atom. The summed E-state index contributed by atoms with van der Waals surface area (Å²) in [6, 6.07) is 18.2. The number of benzene rings is 2. The SMILES string of the molecule is O=C1c2ccccc2C(=O)N1c1cccc(-c2cn3cc(I)ccc3n2)c1. The first-order valence-corrected chi connectivity index (χ1v) is 9.42. The smallest absolute Gasteiger partial charge is 0.266 e. The summed E-state index contributed by atoms with van der Waals surface area (Å²) in [4.78, 5) is 31.3. The third-order valence-electron chi connectivity index (χ3n) is 4.61. The molecule has 0 aliphatic carbocycles. The van der Waals surface area contributed by atoms with Gasteiger partial charge in [-0.15, -0.1) is 0 Å². The number of fused-ring (bicyclic) bond motifs is 2. The standard InChI is InChI=1S/C21H12IN3O2/c22-14-8-9-19-23-18(12-24(19)11-14)13-4-3-5-15(10-13)25-20(26)16-6-1-2-7-17(16)21(25)27/h1-12H. The summed E-state index contributed by atoms with van der Waals surface area (Å²) in [6.07, 6.45) is 3.94. The predicted molar refractivity (Wildman–Crippen MR) is 111 cm³/mol. The first-order valence-electron chi connectivity index (χ1n) is 8.34. The second kappa shape index (κ2) is 6.02. The number of aromatic nitrogens is 2. The third kappa shape index (κ3) is 2.56. The molecule has 2 aromatic heterocycles. The van der Waals surface area contributed by atoms with Gasteiger partial charge in [0.05, 0.1) is 22.5 Å². The molecule has 1 aliphatic heterocycles. The molecule has 3 heterocycles. The molecule has 0 radical (unpaired) electrons. The van der Waals surface area contributed by atoms with Gasteiger partial charge in [-0.1, -0.05) is 24.3 Å². The Morgan fingerprint density at radius 1 is 0.815 bits per heavy atom. The van der Waals surface area contributed by atoms with Crippen LogP contribution in [0.2, 0.25) is 0 Å². The second-order valence-corrected chi connectivity index (χ2v) is 7.53. The van der Waals surface area contributed by atoms with E-state index in [1.54, 1.807) is 30.3 Å². The van der Waals surface area contributed by atoms with Crippen LogP contribution in [0.3, 0.4) is 0 Å². The summed E-state index contributed by atoms with van der Waals surface area (Å²) >= 11 is 2.26. The van der Waals surface area contributed by atoms with Crippen molar-refractivity contribution in [2.24, 2.45) is 0 Å². The molecular weight excluding hydrogens is 453 g/mol. The quantitative estimate of drug-likeness (QED) is 0.326. The Hall–Kier alpha value is -3.00. The maximum Gasteiger partial charge on any atom is 0.266 e. The summed E-state index contributed by atoms with van der Waals surface area (Å²) in [5.41, 5.74) is 3.91. The summed E-state index contributed by atoms with van der Waals surface area (Å²) in [5.74, 6) is -0.588. The highest BCUT2D eigenvalue weighted by Gasteiger charge is 2.36. The molecule has 2 amide bonds. The van der Waals surface area contributed by atoms with Crippen LogP contribution >= 0.6 is 22.6 Å². The van der Waals surface area contributed by atoms with Crippen LogP contribution in [0.1, 0.15) is 20.7 Å². The lowest BCUT2D eigenvalue weighted by molar-refractivity contribution is 0.0926. The van der Waals surface area contributed by atoms with Crippen molar-refractivity contribution in [2.75, 3.05) is 4.90 Å². The van der Waals surface area contributed by atoms with Crippen molar-refractivity contribution >= 4 is 45.7 Å². The molecule has 0 atom stereocenters. The molecule has 0 N–H and O–H groups in total. The van der Waals surface area contributed by atoms with Crippen LogP contribution in [0, 0.1) is 3.57 Å². The van der Waals surface area contributed by atoms with Gasteiger partial charge in [0.15, 0.2) is 0 Å². The van der Waals surface area contributed by atoms with Crippen LogP contribution in [0.4, 0.5) is 5.69 Å². The van der Waals surface area contributed by atoms with Gasteiger partial charge in [0.1, 0.15) is 5.65 Å². The van der Waals surface area contributed by atoms with Crippen LogP contribution in [0.25, 0.3) is 16.9 Å². The van der Waals surface area contributed by atoms with Crippen LogP contribution in [0.5, 0.6) is 0 Å². The van der Waals surface area contributed by atoms with Crippen LogP contribution in [-0.4, -0.2) is 21.2 Å². The van der Waals surface area contributed by atoms with E-state index in [-0.39, 0.29) is 11.8 Å². The second-order valence-electron chi connectivity index (χ2n) is 6.28. The van der Waals surface area contributed by atoms with Gasteiger partial charge in [-0.05, 0) is 59.0 Å². The van der Waals surface area contributed by atoms with Crippen molar-refractivity contribution in [3.05, 3.63) is 87.8 Å². The lowest BCUT2D eigenvalue weighted by Gasteiger charge is -2.14. The van der Waals surface area contributed by atoms with Gasteiger partial charge in [-0.2, -0.15) is 0 Å². The number of carbonyl (C=O) groups is 2. The fourth-order valence-electron chi connectivity index (χ4n) is 3.33. The minimum atomic E-state index is -0.294. The highest BCUT2D eigenvalue weighted by molar-refractivity contribution is 14.1. The molecule has 0 fully saturated rings. The number of pyridine rings is 1. The number of hydrogen-bond acceptors (Lipinski definition) is 3. The number of nitrogens with zero attached hydrogens (tertiary/aromatic N) is 3. The number of hydrogen-bond donors (Lipinski definition) is 0. The summed E-state index contributed by atoms with van der Waals surface area (Å²) in [7, 11) is 0. The Kier molecular flexibility index (Phi) is 3.61. The first kappa shape index (κ1) is 16.2. The fraction of sp³-hybridized carbons (Fsp3) is 0. The third-order valence-corrected chi connectivity index (χ3v) is 5.25. The van der Waals surface area contributed by atoms with E-state index in [0.717, 1.165) is 20.5 Å². The lowest BCUT2D eigenvalue weighted by atomic mass is 10.1. The molecule has 4 aromatic rings. The number of imidazole rings is 1. The van der Waals surface area contributed by atoms with Crippen molar-refractivity contribution in [3.63, 3.8) is 0 Å². The number of anilines is 1. The number of rotatable bonds is 2. The number of halogens is 1. The fourth-order valence-corrected chi connectivity index (χ4v) is 3.81. The van der Waals surface area contributed by atoms with E-state index in [2.05, 4.69) is 27.6 Å². The highest BCUT2D eigenvalue weighted by atomic mass is 127.